The molecule has 7 nitrogen and oxygen atoms in total. The van der Waals surface area contributed by atoms with Crippen molar-refractivity contribution in [1.82, 2.24) is 10.3 Å². The second-order valence-corrected chi connectivity index (χ2v) is 5.48. The smallest absolute Gasteiger partial charge is 0.254 e. The minimum absolute atomic E-state index is 0.179. The first-order chi connectivity index (χ1) is 11.5. The van der Waals surface area contributed by atoms with Gasteiger partial charge in [0, 0.05) is 5.69 Å². The van der Waals surface area contributed by atoms with Gasteiger partial charge in [-0.25, -0.2) is 4.98 Å². The van der Waals surface area contributed by atoms with E-state index in [-0.39, 0.29) is 6.42 Å². The predicted molar refractivity (Wildman–Crippen MR) is 88.5 cm³/mol. The van der Waals surface area contributed by atoms with Gasteiger partial charge in [0.15, 0.2) is 0 Å². The fourth-order valence-corrected chi connectivity index (χ4v) is 2.45. The highest BCUT2D eigenvalue weighted by molar-refractivity contribution is 6.11. The number of hydrogen-bond donors (Lipinski definition) is 3. The maximum atomic E-state index is 12.2. The summed E-state index contributed by atoms with van der Waals surface area (Å²) in [5.74, 6) is -0.820. The lowest BCUT2D eigenvalue weighted by molar-refractivity contribution is -0.122. The number of hydrogen-bond acceptors (Lipinski definition) is 4. The molecule has 1 aromatic carbocycles. The number of aryl methyl sites for hydroxylation is 1. The molecule has 0 aliphatic carbocycles. The third kappa shape index (κ3) is 3.40. The Morgan fingerprint density at radius 3 is 2.75 bits per heavy atom. The van der Waals surface area contributed by atoms with Crippen molar-refractivity contribution in [3.8, 4) is 0 Å². The number of aromatic nitrogens is 1. The van der Waals surface area contributed by atoms with Crippen LogP contribution in [0.15, 0.2) is 42.5 Å². The lowest BCUT2D eigenvalue weighted by Crippen LogP contribution is -2.43. The first kappa shape index (κ1) is 15.7. The Balaban J connectivity index is 1.70. The molecule has 0 saturated heterocycles. The zero-order chi connectivity index (χ0) is 17.1. The number of nitrogens with zero attached hydrogens (tertiary/aromatic N) is 1. The van der Waals surface area contributed by atoms with Gasteiger partial charge in [0.2, 0.25) is 11.8 Å². The van der Waals surface area contributed by atoms with Crippen LogP contribution in [0.2, 0.25) is 0 Å². The topological polar surface area (TPSA) is 100 Å². The van der Waals surface area contributed by atoms with Crippen LogP contribution >= 0.6 is 0 Å². The van der Waals surface area contributed by atoms with Crippen molar-refractivity contribution in [3.05, 3.63) is 53.7 Å². The number of para-hydroxylation sites is 1. The Kier molecular flexibility index (Phi) is 4.24. The van der Waals surface area contributed by atoms with E-state index < -0.39 is 23.8 Å². The quantitative estimate of drug-likeness (QED) is 0.796. The summed E-state index contributed by atoms with van der Waals surface area (Å²) in [6.45, 7) is 1.81. The summed E-state index contributed by atoms with van der Waals surface area (Å²) in [5.41, 5.74) is 1.57. The molecule has 3 N–H and O–H groups in total. The summed E-state index contributed by atoms with van der Waals surface area (Å²) in [6, 6.07) is 11.0. The molecular formula is C17H16N4O3. The Morgan fingerprint density at radius 2 is 1.96 bits per heavy atom. The van der Waals surface area contributed by atoms with Gasteiger partial charge < -0.3 is 16.0 Å². The van der Waals surface area contributed by atoms with Crippen molar-refractivity contribution in [2.45, 2.75) is 19.4 Å². The molecule has 0 bridgehead atoms. The van der Waals surface area contributed by atoms with Gasteiger partial charge in [-0.05, 0) is 31.2 Å². The Hall–Kier alpha value is -3.22. The fraction of sp³-hybridized carbons (Fsp3) is 0.176. The molecule has 0 fully saturated rings. The third-order valence-corrected chi connectivity index (χ3v) is 3.60. The van der Waals surface area contributed by atoms with Crippen LogP contribution in [-0.4, -0.2) is 28.7 Å². The Labute approximate surface area is 138 Å². The van der Waals surface area contributed by atoms with E-state index in [2.05, 4.69) is 20.9 Å². The highest BCUT2D eigenvalue weighted by atomic mass is 16.2. The van der Waals surface area contributed by atoms with E-state index in [1.165, 1.54) is 0 Å². The normalized spacial score (nSPS) is 16.5. The minimum Gasteiger partial charge on any atom is -0.340 e. The van der Waals surface area contributed by atoms with Gasteiger partial charge in [0.25, 0.3) is 5.91 Å². The molecule has 2 aromatic rings. The summed E-state index contributed by atoms with van der Waals surface area (Å²) < 4.78 is 0. The monoisotopic (exact) mass is 324 g/mol. The van der Waals surface area contributed by atoms with Gasteiger partial charge in [0.05, 0.1) is 17.7 Å². The van der Waals surface area contributed by atoms with E-state index in [0.717, 1.165) is 5.69 Å². The van der Waals surface area contributed by atoms with Crippen molar-refractivity contribution in [2.75, 3.05) is 10.6 Å². The summed E-state index contributed by atoms with van der Waals surface area (Å²) >= 11 is 0. The number of nitrogens with one attached hydrogen (secondary N) is 3. The molecule has 1 aliphatic rings. The van der Waals surface area contributed by atoms with Crippen LogP contribution in [-0.2, 0) is 9.59 Å². The maximum absolute atomic E-state index is 12.2. The molecule has 0 unspecified atom stereocenters. The first-order valence-corrected chi connectivity index (χ1v) is 7.47. The zero-order valence-electron chi connectivity index (χ0n) is 13.0. The van der Waals surface area contributed by atoms with Gasteiger partial charge in [0.1, 0.15) is 11.9 Å². The molecule has 3 amide bonds. The van der Waals surface area contributed by atoms with Gasteiger partial charge in [-0.15, -0.1) is 0 Å². The fourth-order valence-electron chi connectivity index (χ4n) is 2.45. The van der Waals surface area contributed by atoms with Crippen LogP contribution in [0.25, 0.3) is 0 Å². The van der Waals surface area contributed by atoms with E-state index in [1.807, 2.05) is 13.0 Å². The van der Waals surface area contributed by atoms with Crippen molar-refractivity contribution < 1.29 is 14.4 Å². The molecule has 1 aliphatic heterocycles. The molecule has 2 heterocycles. The third-order valence-electron chi connectivity index (χ3n) is 3.60. The highest BCUT2D eigenvalue weighted by Gasteiger charge is 2.29. The second kappa shape index (κ2) is 6.49. The first-order valence-electron chi connectivity index (χ1n) is 7.47. The number of anilines is 2. The molecule has 0 spiro atoms. The summed E-state index contributed by atoms with van der Waals surface area (Å²) in [4.78, 5) is 40.8. The SMILES string of the molecule is Cc1cccc(NC(=O)C[C@H]2NC(=O)c3ccccc3NC2=O)n1. The van der Waals surface area contributed by atoms with Crippen molar-refractivity contribution in [1.29, 1.82) is 0 Å². The van der Waals surface area contributed by atoms with Gasteiger partial charge >= 0.3 is 0 Å². The van der Waals surface area contributed by atoms with E-state index in [4.69, 9.17) is 0 Å². The average Bonchev–Trinajstić information content (AvgIpc) is 2.65. The Morgan fingerprint density at radius 1 is 1.17 bits per heavy atom. The number of benzene rings is 1. The average molecular weight is 324 g/mol. The molecule has 7 heteroatoms. The van der Waals surface area contributed by atoms with Crippen LogP contribution in [0, 0.1) is 6.92 Å². The minimum atomic E-state index is -0.949. The largest absolute Gasteiger partial charge is 0.340 e. The number of pyridine rings is 1. The summed E-state index contributed by atoms with van der Waals surface area (Å²) in [7, 11) is 0. The molecule has 0 radical (unpaired) electrons. The second-order valence-electron chi connectivity index (χ2n) is 5.48. The van der Waals surface area contributed by atoms with Crippen LogP contribution in [0.5, 0.6) is 0 Å². The number of carbonyl (C=O) groups excluding carboxylic acids is 3. The zero-order valence-corrected chi connectivity index (χ0v) is 13.0. The van der Waals surface area contributed by atoms with Crippen LogP contribution in [0.4, 0.5) is 11.5 Å². The van der Waals surface area contributed by atoms with Crippen molar-refractivity contribution in [3.63, 3.8) is 0 Å². The van der Waals surface area contributed by atoms with Crippen molar-refractivity contribution in [2.24, 2.45) is 0 Å². The molecule has 0 saturated carbocycles. The van der Waals surface area contributed by atoms with Crippen molar-refractivity contribution >= 4 is 29.2 Å². The van der Waals surface area contributed by atoms with E-state index in [1.54, 1.807) is 36.4 Å². The van der Waals surface area contributed by atoms with Gasteiger partial charge in [-0.1, -0.05) is 18.2 Å². The molecule has 3 rings (SSSR count). The lowest BCUT2D eigenvalue weighted by Gasteiger charge is -2.14. The van der Waals surface area contributed by atoms with Crippen LogP contribution < -0.4 is 16.0 Å². The number of amides is 3. The molecule has 1 aromatic heterocycles. The van der Waals surface area contributed by atoms with Crippen LogP contribution in [0.3, 0.4) is 0 Å². The van der Waals surface area contributed by atoms with E-state index in [9.17, 15) is 14.4 Å². The summed E-state index contributed by atoms with van der Waals surface area (Å²) in [6.07, 6.45) is -0.179. The Bertz CT molecular complexity index is 819. The number of carbonyl (C=O) groups is 3. The molecule has 24 heavy (non-hydrogen) atoms. The van der Waals surface area contributed by atoms with E-state index >= 15 is 0 Å². The molecule has 122 valence electrons. The standard InChI is InChI=1S/C17H16N4O3/c1-10-5-4-8-14(18-10)21-15(22)9-13-17(24)19-12-7-3-2-6-11(12)16(23)20-13/h2-8,13H,9H2,1H3,(H,19,24)(H,20,23)(H,18,21,22)/t13-/m1/s1. The highest BCUT2D eigenvalue weighted by Crippen LogP contribution is 2.19. The number of fused-ring (bicyclic) bond motifs is 1. The molecular weight excluding hydrogens is 308 g/mol. The van der Waals surface area contributed by atoms with Gasteiger partial charge in [-0.3, -0.25) is 14.4 Å². The maximum Gasteiger partial charge on any atom is 0.254 e. The lowest BCUT2D eigenvalue weighted by atomic mass is 10.1. The van der Waals surface area contributed by atoms with E-state index in [0.29, 0.717) is 17.1 Å². The van der Waals surface area contributed by atoms with Crippen LogP contribution in [0.1, 0.15) is 22.5 Å². The molecule has 1 atom stereocenters. The predicted octanol–water partition coefficient (Wildman–Crippen LogP) is 1.47. The summed E-state index contributed by atoms with van der Waals surface area (Å²) in [5, 5.41) is 7.87. The van der Waals surface area contributed by atoms with Gasteiger partial charge in [-0.2, -0.15) is 0 Å². The number of rotatable bonds is 3.